The zero-order valence-corrected chi connectivity index (χ0v) is 19.8. The van der Waals surface area contributed by atoms with E-state index in [9.17, 15) is 0 Å². The molecule has 4 rings (SSSR count). The van der Waals surface area contributed by atoms with Crippen LogP contribution in [0.3, 0.4) is 0 Å². The largest absolute Gasteiger partial charge is 0.495 e. The van der Waals surface area contributed by atoms with E-state index in [0.29, 0.717) is 5.02 Å². The molecular weight excluding hydrogens is 428 g/mol. The molecule has 1 N–H and O–H groups in total. The second kappa shape index (κ2) is 8.89. The average Bonchev–Trinajstić information content (AvgIpc) is 3.24. The van der Waals surface area contributed by atoms with Gasteiger partial charge in [0.05, 0.1) is 30.6 Å². The maximum absolute atomic E-state index is 6.34. The van der Waals surface area contributed by atoms with E-state index in [1.807, 2.05) is 36.5 Å². The fourth-order valence-corrected chi connectivity index (χ4v) is 5.02. The topological polar surface area (TPSA) is 42.3 Å². The van der Waals surface area contributed by atoms with Crippen molar-refractivity contribution in [2.75, 3.05) is 13.7 Å². The number of hydrogen-bond donors (Lipinski definition) is 1. The average molecular weight is 455 g/mol. The van der Waals surface area contributed by atoms with E-state index >= 15 is 0 Å². The summed E-state index contributed by atoms with van der Waals surface area (Å²) in [6.45, 7) is 7.30. The van der Waals surface area contributed by atoms with Gasteiger partial charge in [-0.3, -0.25) is 4.98 Å². The summed E-state index contributed by atoms with van der Waals surface area (Å²) < 4.78 is 7.84. The summed E-state index contributed by atoms with van der Waals surface area (Å²) >= 11 is 12.1. The molecule has 3 heterocycles. The maximum atomic E-state index is 6.34. The number of rotatable bonds is 6. The Kier molecular flexibility index (Phi) is 6.21. The smallest absolute Gasteiger partial charge is 0.170 e. The Morgan fingerprint density at radius 3 is 2.68 bits per heavy atom. The summed E-state index contributed by atoms with van der Waals surface area (Å²) in [7, 11) is 1.68. The van der Waals surface area contributed by atoms with Gasteiger partial charge in [0.15, 0.2) is 5.11 Å². The highest BCUT2D eigenvalue weighted by molar-refractivity contribution is 7.80. The lowest BCUT2D eigenvalue weighted by molar-refractivity contribution is 0.316. The summed E-state index contributed by atoms with van der Waals surface area (Å²) in [5.41, 5.74) is 5.38. The molecule has 0 spiro atoms. The number of benzene rings is 1. The van der Waals surface area contributed by atoms with E-state index in [1.165, 1.54) is 5.56 Å². The molecule has 1 aromatic carbocycles. The van der Waals surface area contributed by atoms with Crippen molar-refractivity contribution in [3.8, 4) is 11.4 Å². The number of methoxy groups -OCH3 is 1. The quantitative estimate of drug-likeness (QED) is 0.496. The second-order valence-corrected chi connectivity index (χ2v) is 8.62. The lowest BCUT2D eigenvalue weighted by Gasteiger charge is -2.28. The Morgan fingerprint density at radius 2 is 2.00 bits per heavy atom. The van der Waals surface area contributed by atoms with Crippen LogP contribution in [0.25, 0.3) is 5.69 Å². The molecule has 1 aliphatic rings. The molecule has 3 aromatic rings. The van der Waals surface area contributed by atoms with E-state index in [0.717, 1.165) is 46.6 Å². The molecular formula is C24H27ClN4OS. The summed E-state index contributed by atoms with van der Waals surface area (Å²) in [4.78, 5) is 6.92. The minimum absolute atomic E-state index is 0.0181. The van der Waals surface area contributed by atoms with Gasteiger partial charge in [0.1, 0.15) is 5.75 Å². The fraction of sp³-hybridized carbons (Fsp3) is 0.333. The third-order valence-electron chi connectivity index (χ3n) is 5.83. The first-order chi connectivity index (χ1) is 15.0. The van der Waals surface area contributed by atoms with Gasteiger partial charge in [-0.2, -0.15) is 0 Å². The fourth-order valence-electron chi connectivity index (χ4n) is 4.52. The van der Waals surface area contributed by atoms with Crippen LogP contribution in [0.5, 0.6) is 5.75 Å². The zero-order valence-electron chi connectivity index (χ0n) is 18.2. The van der Waals surface area contributed by atoms with Gasteiger partial charge in [0.25, 0.3) is 0 Å². The highest BCUT2D eigenvalue weighted by Crippen LogP contribution is 2.42. The molecule has 2 aromatic heterocycles. The van der Waals surface area contributed by atoms with Gasteiger partial charge in [-0.25, -0.2) is 0 Å². The van der Waals surface area contributed by atoms with Crippen LogP contribution in [-0.2, 0) is 0 Å². The van der Waals surface area contributed by atoms with Crippen LogP contribution in [0.15, 0.2) is 48.7 Å². The molecule has 31 heavy (non-hydrogen) atoms. The van der Waals surface area contributed by atoms with Crippen molar-refractivity contribution < 1.29 is 4.74 Å². The molecule has 1 aliphatic heterocycles. The van der Waals surface area contributed by atoms with Gasteiger partial charge in [-0.05, 0) is 74.4 Å². The van der Waals surface area contributed by atoms with Crippen LogP contribution in [0.1, 0.15) is 48.1 Å². The molecule has 1 saturated heterocycles. The molecule has 2 unspecified atom stereocenters. The van der Waals surface area contributed by atoms with Crippen LogP contribution in [-0.4, -0.2) is 33.2 Å². The summed E-state index contributed by atoms with van der Waals surface area (Å²) in [6.07, 6.45) is 2.84. The van der Waals surface area contributed by atoms with Gasteiger partial charge in [-0.1, -0.05) is 24.6 Å². The number of thiocarbonyl (C=S) groups is 1. The van der Waals surface area contributed by atoms with Crippen molar-refractivity contribution in [3.63, 3.8) is 0 Å². The maximum Gasteiger partial charge on any atom is 0.170 e. The van der Waals surface area contributed by atoms with Crippen molar-refractivity contribution in [3.05, 3.63) is 76.3 Å². The number of nitrogens with zero attached hydrogens (tertiary/aromatic N) is 3. The third kappa shape index (κ3) is 3.90. The zero-order chi connectivity index (χ0) is 22.1. The van der Waals surface area contributed by atoms with E-state index in [2.05, 4.69) is 52.7 Å². The van der Waals surface area contributed by atoms with Gasteiger partial charge in [-0.15, -0.1) is 0 Å². The lowest BCUT2D eigenvalue weighted by Crippen LogP contribution is -2.30. The molecule has 0 saturated carbocycles. The van der Waals surface area contributed by atoms with Crippen molar-refractivity contribution in [1.82, 2.24) is 19.8 Å². The van der Waals surface area contributed by atoms with Crippen LogP contribution >= 0.6 is 23.8 Å². The minimum atomic E-state index is -0.0181. The SMILES string of the molecule is CCCN1C(=S)NC(c2ccccn2)C1c1cc(C)n(-c2cc(Cl)ccc2OC)c1C. The Bertz CT molecular complexity index is 1100. The molecule has 5 nitrogen and oxygen atoms in total. The van der Waals surface area contributed by atoms with Crippen molar-refractivity contribution in [2.45, 2.75) is 39.3 Å². The molecule has 0 aliphatic carbocycles. The standard InChI is InChI=1S/C24H27ClN4OS/c1-5-12-28-23(22(27-24(28)31)19-8-6-7-11-26-19)18-13-15(2)29(16(18)3)20-14-17(25)9-10-21(20)30-4/h6-11,13-14,22-23H,5,12H2,1-4H3,(H,27,31). The Hall–Kier alpha value is -2.57. The number of nitrogens with one attached hydrogen (secondary N) is 1. The first-order valence-electron chi connectivity index (χ1n) is 10.5. The molecule has 0 radical (unpaired) electrons. The molecule has 162 valence electrons. The predicted octanol–water partition coefficient (Wildman–Crippen LogP) is 5.53. The summed E-state index contributed by atoms with van der Waals surface area (Å²) in [6, 6.07) is 14.0. The number of aromatic nitrogens is 2. The van der Waals surface area contributed by atoms with Gasteiger partial charge in [0, 0.05) is 29.2 Å². The van der Waals surface area contributed by atoms with Crippen LogP contribution in [0, 0.1) is 13.8 Å². The molecule has 7 heteroatoms. The van der Waals surface area contributed by atoms with E-state index in [1.54, 1.807) is 7.11 Å². The molecule has 0 bridgehead atoms. The minimum Gasteiger partial charge on any atom is -0.495 e. The van der Waals surface area contributed by atoms with Crippen molar-refractivity contribution in [1.29, 1.82) is 0 Å². The molecule has 2 atom stereocenters. The Labute approximate surface area is 194 Å². The predicted molar refractivity (Wildman–Crippen MR) is 129 cm³/mol. The van der Waals surface area contributed by atoms with E-state index in [-0.39, 0.29) is 12.1 Å². The summed E-state index contributed by atoms with van der Waals surface area (Å²) in [5, 5.41) is 4.97. The number of halogens is 1. The van der Waals surface area contributed by atoms with E-state index in [4.69, 9.17) is 28.6 Å². The first-order valence-corrected chi connectivity index (χ1v) is 11.3. The number of pyridine rings is 1. The van der Waals surface area contributed by atoms with Crippen molar-refractivity contribution >= 4 is 28.9 Å². The first kappa shape index (κ1) is 21.7. The Balaban J connectivity index is 1.87. The van der Waals surface area contributed by atoms with Crippen LogP contribution < -0.4 is 10.1 Å². The Morgan fingerprint density at radius 1 is 1.19 bits per heavy atom. The third-order valence-corrected chi connectivity index (χ3v) is 6.42. The van der Waals surface area contributed by atoms with Crippen LogP contribution in [0.2, 0.25) is 5.02 Å². The van der Waals surface area contributed by atoms with E-state index < -0.39 is 0 Å². The highest BCUT2D eigenvalue weighted by atomic mass is 35.5. The van der Waals surface area contributed by atoms with Crippen molar-refractivity contribution in [2.24, 2.45) is 0 Å². The van der Waals surface area contributed by atoms with Gasteiger partial charge < -0.3 is 19.5 Å². The normalized spacial score (nSPS) is 18.4. The second-order valence-electron chi connectivity index (χ2n) is 7.80. The highest BCUT2D eigenvalue weighted by Gasteiger charge is 2.41. The number of hydrogen-bond acceptors (Lipinski definition) is 3. The summed E-state index contributed by atoms with van der Waals surface area (Å²) in [5.74, 6) is 0.782. The lowest BCUT2D eigenvalue weighted by atomic mass is 9.96. The van der Waals surface area contributed by atoms with Gasteiger partial charge in [0.2, 0.25) is 0 Å². The number of aryl methyl sites for hydroxylation is 1. The number of ether oxygens (including phenoxy) is 1. The molecule has 0 amide bonds. The molecule has 1 fully saturated rings. The van der Waals surface area contributed by atoms with Crippen LogP contribution in [0.4, 0.5) is 0 Å². The van der Waals surface area contributed by atoms with Gasteiger partial charge >= 0.3 is 0 Å². The monoisotopic (exact) mass is 454 g/mol.